The third-order valence-corrected chi connectivity index (χ3v) is 3.21. The number of benzene rings is 1. The van der Waals surface area contributed by atoms with Gasteiger partial charge >= 0.3 is 5.97 Å². The van der Waals surface area contributed by atoms with Crippen LogP contribution < -0.4 is 9.47 Å². The van der Waals surface area contributed by atoms with E-state index in [1.165, 1.54) is 18.5 Å². The number of nitrogens with zero attached hydrogens (tertiary/aromatic N) is 1. The quantitative estimate of drug-likeness (QED) is 0.924. The van der Waals surface area contributed by atoms with Crippen LogP contribution in [0.3, 0.4) is 0 Å². The highest BCUT2D eigenvalue weighted by Gasteiger charge is 2.24. The highest BCUT2D eigenvalue weighted by molar-refractivity contribution is 5.87. The van der Waals surface area contributed by atoms with Gasteiger partial charge in [0.2, 0.25) is 0 Å². The van der Waals surface area contributed by atoms with E-state index in [4.69, 9.17) is 14.6 Å². The topological polar surface area (TPSA) is 68.7 Å². The lowest BCUT2D eigenvalue weighted by atomic mass is 10.0. The highest BCUT2D eigenvalue weighted by Crippen LogP contribution is 2.33. The Morgan fingerprint density at radius 3 is 3.10 bits per heavy atom. The highest BCUT2D eigenvalue weighted by atomic mass is 16.5. The molecule has 1 aliphatic rings. The van der Waals surface area contributed by atoms with Gasteiger partial charge < -0.3 is 14.6 Å². The van der Waals surface area contributed by atoms with Crippen LogP contribution >= 0.6 is 0 Å². The summed E-state index contributed by atoms with van der Waals surface area (Å²) in [5, 5.41) is 8.90. The van der Waals surface area contributed by atoms with Crippen LogP contribution in [-0.4, -0.2) is 29.3 Å². The molecule has 3 rings (SSSR count). The number of ether oxygens (including phenoxy) is 2. The zero-order chi connectivity index (χ0) is 13.9. The first-order valence-corrected chi connectivity index (χ1v) is 6.27. The Balaban J connectivity index is 1.69. The summed E-state index contributed by atoms with van der Waals surface area (Å²) in [4.78, 5) is 14.7. The molecule has 0 amide bonds. The number of carboxylic acids is 1. The summed E-state index contributed by atoms with van der Waals surface area (Å²) in [6.07, 6.45) is 2.80. The molecule has 0 radical (unpaired) electrons. The Morgan fingerprint density at radius 1 is 1.40 bits per heavy atom. The number of hydrogen-bond acceptors (Lipinski definition) is 4. The second-order valence-corrected chi connectivity index (χ2v) is 4.57. The molecule has 20 heavy (non-hydrogen) atoms. The van der Waals surface area contributed by atoms with Crippen molar-refractivity contribution in [1.29, 1.82) is 0 Å². The summed E-state index contributed by atoms with van der Waals surface area (Å²) >= 11 is 0. The molecule has 1 unspecified atom stereocenters. The zero-order valence-electron chi connectivity index (χ0n) is 10.7. The maximum Gasteiger partial charge on any atom is 0.337 e. The van der Waals surface area contributed by atoms with Crippen molar-refractivity contribution >= 4 is 5.97 Å². The molecule has 5 heteroatoms. The fourth-order valence-corrected chi connectivity index (χ4v) is 2.18. The summed E-state index contributed by atoms with van der Waals surface area (Å²) in [5.74, 6) is 0.477. The van der Waals surface area contributed by atoms with E-state index in [0.29, 0.717) is 19.0 Å². The van der Waals surface area contributed by atoms with Crippen molar-refractivity contribution < 1.29 is 19.4 Å². The van der Waals surface area contributed by atoms with E-state index < -0.39 is 5.97 Å². The molecule has 0 saturated heterocycles. The molecular weight excluding hydrogens is 258 g/mol. The number of hydrogen-bond donors (Lipinski definition) is 1. The molecule has 1 aromatic carbocycles. The molecule has 0 fully saturated rings. The molecule has 2 aromatic rings. The van der Waals surface area contributed by atoms with Crippen LogP contribution in [0.2, 0.25) is 0 Å². The van der Waals surface area contributed by atoms with Crippen molar-refractivity contribution in [2.75, 3.05) is 13.2 Å². The van der Waals surface area contributed by atoms with E-state index in [-0.39, 0.29) is 11.5 Å². The normalized spacial score (nSPS) is 16.3. The molecule has 5 nitrogen and oxygen atoms in total. The van der Waals surface area contributed by atoms with E-state index >= 15 is 0 Å². The number of aromatic nitrogens is 1. The minimum Gasteiger partial charge on any atom is -0.493 e. The van der Waals surface area contributed by atoms with E-state index in [2.05, 4.69) is 4.98 Å². The van der Waals surface area contributed by atoms with Gasteiger partial charge in [0.1, 0.15) is 11.5 Å². The maximum absolute atomic E-state index is 10.9. The van der Waals surface area contributed by atoms with Gasteiger partial charge in [-0.2, -0.15) is 0 Å². The van der Waals surface area contributed by atoms with Crippen molar-refractivity contribution in [2.45, 2.75) is 5.92 Å². The Morgan fingerprint density at radius 2 is 2.25 bits per heavy atom. The predicted molar refractivity (Wildman–Crippen MR) is 71.4 cm³/mol. The molecule has 0 saturated carbocycles. The fourth-order valence-electron chi connectivity index (χ4n) is 2.18. The number of carbonyl (C=O) groups is 1. The summed E-state index contributed by atoms with van der Waals surface area (Å²) < 4.78 is 11.2. The largest absolute Gasteiger partial charge is 0.493 e. The molecule has 2 heterocycles. The third-order valence-electron chi connectivity index (χ3n) is 3.21. The average molecular weight is 271 g/mol. The van der Waals surface area contributed by atoms with Gasteiger partial charge in [-0.15, -0.1) is 0 Å². The van der Waals surface area contributed by atoms with Gasteiger partial charge in [0.15, 0.2) is 0 Å². The van der Waals surface area contributed by atoms with Crippen LogP contribution in [0.4, 0.5) is 0 Å². The standard InChI is InChI=1S/C15H13NO4/c17-15(18)10-5-12(7-16-6-10)19-8-11-9-20-14-4-2-1-3-13(11)14/h1-7,11H,8-9H2,(H,17,18). The second-order valence-electron chi connectivity index (χ2n) is 4.57. The van der Waals surface area contributed by atoms with Gasteiger partial charge in [0, 0.05) is 11.8 Å². The van der Waals surface area contributed by atoms with Crippen molar-refractivity contribution in [2.24, 2.45) is 0 Å². The first-order chi connectivity index (χ1) is 9.74. The van der Waals surface area contributed by atoms with Crippen LogP contribution in [0.5, 0.6) is 11.5 Å². The van der Waals surface area contributed by atoms with Crippen LogP contribution in [0.1, 0.15) is 21.8 Å². The Labute approximate surface area is 115 Å². The Kier molecular flexibility index (Phi) is 3.25. The van der Waals surface area contributed by atoms with Gasteiger partial charge in [0.25, 0.3) is 0 Å². The molecule has 1 aliphatic heterocycles. The molecule has 1 aromatic heterocycles. The number of aromatic carboxylic acids is 1. The van der Waals surface area contributed by atoms with Crippen molar-refractivity contribution in [3.63, 3.8) is 0 Å². The van der Waals surface area contributed by atoms with Crippen LogP contribution in [0.25, 0.3) is 0 Å². The number of carboxylic acid groups (broad SMARTS) is 1. The maximum atomic E-state index is 10.9. The average Bonchev–Trinajstić information content (AvgIpc) is 2.89. The number of para-hydroxylation sites is 1. The minimum absolute atomic E-state index is 0.116. The van der Waals surface area contributed by atoms with Crippen molar-refractivity contribution in [3.05, 3.63) is 53.9 Å². The van der Waals surface area contributed by atoms with Gasteiger partial charge in [-0.1, -0.05) is 18.2 Å². The van der Waals surface area contributed by atoms with E-state index in [1.54, 1.807) is 0 Å². The summed E-state index contributed by atoms with van der Waals surface area (Å²) in [7, 11) is 0. The first-order valence-electron chi connectivity index (χ1n) is 6.27. The fraction of sp³-hybridized carbons (Fsp3) is 0.200. The van der Waals surface area contributed by atoms with E-state index in [9.17, 15) is 4.79 Å². The van der Waals surface area contributed by atoms with E-state index in [0.717, 1.165) is 11.3 Å². The van der Waals surface area contributed by atoms with Gasteiger partial charge in [-0.05, 0) is 12.1 Å². The molecular formula is C15H13NO4. The van der Waals surface area contributed by atoms with Crippen LogP contribution in [-0.2, 0) is 0 Å². The molecule has 0 spiro atoms. The van der Waals surface area contributed by atoms with Gasteiger partial charge in [-0.25, -0.2) is 4.79 Å². The minimum atomic E-state index is -1.02. The molecule has 1 atom stereocenters. The van der Waals surface area contributed by atoms with Crippen LogP contribution in [0.15, 0.2) is 42.7 Å². The Bertz CT molecular complexity index is 641. The van der Waals surface area contributed by atoms with Gasteiger partial charge in [-0.3, -0.25) is 4.98 Å². The van der Waals surface area contributed by atoms with Crippen LogP contribution in [0, 0.1) is 0 Å². The van der Waals surface area contributed by atoms with Gasteiger partial charge in [0.05, 0.1) is 30.9 Å². The predicted octanol–water partition coefficient (Wildman–Crippen LogP) is 2.33. The third kappa shape index (κ3) is 2.42. The lowest BCUT2D eigenvalue weighted by molar-refractivity contribution is 0.0695. The summed E-state index contributed by atoms with van der Waals surface area (Å²) in [5.41, 5.74) is 1.24. The van der Waals surface area contributed by atoms with Crippen molar-refractivity contribution in [1.82, 2.24) is 4.98 Å². The Hall–Kier alpha value is -2.56. The molecule has 0 bridgehead atoms. The smallest absolute Gasteiger partial charge is 0.337 e. The zero-order valence-corrected chi connectivity index (χ0v) is 10.7. The lowest BCUT2D eigenvalue weighted by Crippen LogP contribution is -2.12. The SMILES string of the molecule is O=C(O)c1cncc(OCC2COc3ccccc32)c1. The lowest BCUT2D eigenvalue weighted by Gasteiger charge is -2.11. The number of fused-ring (bicyclic) bond motifs is 1. The molecule has 102 valence electrons. The molecule has 0 aliphatic carbocycles. The number of pyridine rings is 1. The number of rotatable bonds is 4. The van der Waals surface area contributed by atoms with E-state index in [1.807, 2.05) is 24.3 Å². The second kappa shape index (κ2) is 5.21. The summed E-state index contributed by atoms with van der Waals surface area (Å²) in [6, 6.07) is 9.32. The van der Waals surface area contributed by atoms with Crippen molar-refractivity contribution in [3.8, 4) is 11.5 Å². The molecule has 1 N–H and O–H groups in total. The summed E-state index contributed by atoms with van der Waals surface area (Å²) in [6.45, 7) is 1.01. The first kappa shape index (κ1) is 12.5. The monoisotopic (exact) mass is 271 g/mol.